The molecule has 8 nitrogen and oxygen atoms in total. The van der Waals surface area contributed by atoms with Crippen molar-refractivity contribution >= 4 is 23.4 Å². The van der Waals surface area contributed by atoms with Gasteiger partial charge >= 0.3 is 12.1 Å². The SMILES string of the molecule is COC(=O)CCCc1ccc([N+](=O)[O-])cc1NC(=O)OC(C)(C)C. The van der Waals surface area contributed by atoms with E-state index < -0.39 is 16.6 Å². The molecule has 0 saturated heterocycles. The van der Waals surface area contributed by atoms with E-state index >= 15 is 0 Å². The number of carbonyl (C=O) groups excluding carboxylic acids is 2. The molecule has 0 aliphatic heterocycles. The van der Waals surface area contributed by atoms with Crippen LogP contribution in [0, 0.1) is 10.1 Å². The van der Waals surface area contributed by atoms with Gasteiger partial charge in [-0.1, -0.05) is 6.07 Å². The van der Waals surface area contributed by atoms with Crippen LogP contribution in [0.3, 0.4) is 0 Å². The van der Waals surface area contributed by atoms with E-state index in [1.807, 2.05) is 0 Å². The predicted octanol–water partition coefficient (Wildman–Crippen LogP) is 3.44. The van der Waals surface area contributed by atoms with Crippen LogP contribution in [0.15, 0.2) is 18.2 Å². The van der Waals surface area contributed by atoms with E-state index in [4.69, 9.17) is 4.74 Å². The van der Waals surface area contributed by atoms with Crippen molar-refractivity contribution in [3.05, 3.63) is 33.9 Å². The minimum absolute atomic E-state index is 0.141. The van der Waals surface area contributed by atoms with Crippen molar-refractivity contribution in [3.8, 4) is 0 Å². The third kappa shape index (κ3) is 6.64. The Labute approximate surface area is 140 Å². The number of carbonyl (C=O) groups is 2. The Morgan fingerprint density at radius 3 is 2.50 bits per heavy atom. The van der Waals surface area contributed by atoms with E-state index in [-0.39, 0.29) is 18.1 Å². The fraction of sp³-hybridized carbons (Fsp3) is 0.500. The molecule has 0 radical (unpaired) electrons. The van der Waals surface area contributed by atoms with Crippen molar-refractivity contribution in [1.82, 2.24) is 0 Å². The van der Waals surface area contributed by atoms with Crippen molar-refractivity contribution in [2.75, 3.05) is 12.4 Å². The van der Waals surface area contributed by atoms with Crippen molar-refractivity contribution in [2.45, 2.75) is 45.6 Å². The maximum absolute atomic E-state index is 11.9. The zero-order valence-electron chi connectivity index (χ0n) is 14.3. The van der Waals surface area contributed by atoms with Gasteiger partial charge in [0.25, 0.3) is 5.69 Å². The summed E-state index contributed by atoms with van der Waals surface area (Å²) >= 11 is 0. The number of benzene rings is 1. The van der Waals surface area contributed by atoms with Crippen LogP contribution in [0.1, 0.15) is 39.2 Å². The summed E-state index contributed by atoms with van der Waals surface area (Å²) in [6.07, 6.45) is 0.475. The van der Waals surface area contributed by atoms with Crippen LogP contribution in [-0.2, 0) is 20.7 Å². The predicted molar refractivity (Wildman–Crippen MR) is 87.9 cm³/mol. The van der Waals surface area contributed by atoms with Crippen LogP contribution in [-0.4, -0.2) is 29.7 Å². The zero-order valence-corrected chi connectivity index (χ0v) is 14.3. The van der Waals surface area contributed by atoms with Gasteiger partial charge in [0.05, 0.1) is 17.7 Å². The highest BCUT2D eigenvalue weighted by Crippen LogP contribution is 2.25. The summed E-state index contributed by atoms with van der Waals surface area (Å²) in [6, 6.07) is 4.19. The molecule has 0 aliphatic rings. The largest absolute Gasteiger partial charge is 0.469 e. The van der Waals surface area contributed by atoms with Crippen molar-refractivity contribution in [1.29, 1.82) is 0 Å². The molecule has 0 heterocycles. The summed E-state index contributed by atoms with van der Waals surface area (Å²) in [6.45, 7) is 5.16. The third-order valence-electron chi connectivity index (χ3n) is 2.99. The van der Waals surface area contributed by atoms with Gasteiger partial charge in [0.15, 0.2) is 0 Å². The van der Waals surface area contributed by atoms with E-state index in [2.05, 4.69) is 10.1 Å². The highest BCUT2D eigenvalue weighted by molar-refractivity contribution is 5.86. The molecule has 0 aromatic heterocycles. The number of nitro benzene ring substituents is 1. The number of anilines is 1. The number of aryl methyl sites for hydroxylation is 1. The van der Waals surface area contributed by atoms with E-state index in [1.165, 1.54) is 19.2 Å². The van der Waals surface area contributed by atoms with Crippen LogP contribution < -0.4 is 5.32 Å². The summed E-state index contributed by atoms with van der Waals surface area (Å²) in [5.74, 6) is -0.335. The molecule has 1 rings (SSSR count). The molecule has 0 aliphatic carbocycles. The number of hydrogen-bond donors (Lipinski definition) is 1. The second-order valence-corrected chi connectivity index (χ2v) is 6.16. The Balaban J connectivity index is 2.91. The Bertz CT molecular complexity index is 621. The molecule has 0 atom stereocenters. The number of nitro groups is 1. The molecule has 0 spiro atoms. The summed E-state index contributed by atoms with van der Waals surface area (Å²) in [5, 5.41) is 13.5. The van der Waals surface area contributed by atoms with Crippen molar-refractivity contribution in [3.63, 3.8) is 0 Å². The first-order valence-corrected chi connectivity index (χ1v) is 7.46. The average Bonchev–Trinajstić information content (AvgIpc) is 2.46. The highest BCUT2D eigenvalue weighted by atomic mass is 16.6. The Kier molecular flexibility index (Phi) is 6.69. The maximum Gasteiger partial charge on any atom is 0.412 e. The lowest BCUT2D eigenvalue weighted by atomic mass is 10.1. The standard InChI is InChI=1S/C16H22N2O6/c1-16(2,3)24-15(20)17-13-10-12(18(21)22)9-8-11(13)6-5-7-14(19)23-4/h8-10H,5-7H2,1-4H3,(H,17,20). The molecule has 1 amide bonds. The van der Waals surface area contributed by atoms with Gasteiger partial charge in [-0.25, -0.2) is 4.79 Å². The molecule has 0 bridgehead atoms. The Morgan fingerprint density at radius 1 is 1.29 bits per heavy atom. The second-order valence-electron chi connectivity index (χ2n) is 6.16. The molecule has 1 N–H and O–H groups in total. The fourth-order valence-corrected chi connectivity index (χ4v) is 1.95. The van der Waals surface area contributed by atoms with Crippen LogP contribution in [0.2, 0.25) is 0 Å². The van der Waals surface area contributed by atoms with Gasteiger partial charge in [0.1, 0.15) is 5.60 Å². The molecule has 0 unspecified atom stereocenters. The topological polar surface area (TPSA) is 108 Å². The monoisotopic (exact) mass is 338 g/mol. The lowest BCUT2D eigenvalue weighted by Crippen LogP contribution is -2.27. The molecule has 24 heavy (non-hydrogen) atoms. The van der Waals surface area contributed by atoms with Gasteiger partial charge in [0, 0.05) is 18.6 Å². The summed E-state index contributed by atoms with van der Waals surface area (Å²) in [7, 11) is 1.31. The highest BCUT2D eigenvalue weighted by Gasteiger charge is 2.19. The number of amides is 1. The van der Waals surface area contributed by atoms with Crippen LogP contribution in [0.25, 0.3) is 0 Å². The lowest BCUT2D eigenvalue weighted by Gasteiger charge is -2.20. The number of rotatable bonds is 6. The number of methoxy groups -OCH3 is 1. The van der Waals surface area contributed by atoms with Gasteiger partial charge in [-0.05, 0) is 39.2 Å². The second kappa shape index (κ2) is 8.28. The van der Waals surface area contributed by atoms with Gasteiger partial charge in [0.2, 0.25) is 0 Å². The molecule has 1 aromatic rings. The van der Waals surface area contributed by atoms with Crippen molar-refractivity contribution in [2.24, 2.45) is 0 Å². The first kappa shape index (κ1) is 19.4. The number of nitrogens with one attached hydrogen (secondary N) is 1. The van der Waals surface area contributed by atoms with Gasteiger partial charge in [-0.3, -0.25) is 20.2 Å². The van der Waals surface area contributed by atoms with Crippen LogP contribution >= 0.6 is 0 Å². The number of non-ortho nitro benzene ring substituents is 1. The normalized spacial score (nSPS) is 10.8. The van der Waals surface area contributed by atoms with Gasteiger partial charge in [-0.15, -0.1) is 0 Å². The first-order valence-electron chi connectivity index (χ1n) is 7.46. The molecule has 0 fully saturated rings. The Hall–Kier alpha value is -2.64. The summed E-state index contributed by atoms with van der Waals surface area (Å²) in [4.78, 5) is 33.5. The molecule has 8 heteroatoms. The van der Waals surface area contributed by atoms with E-state index in [9.17, 15) is 19.7 Å². The van der Waals surface area contributed by atoms with E-state index in [0.29, 0.717) is 24.1 Å². The number of ether oxygens (including phenoxy) is 2. The molecule has 0 saturated carbocycles. The smallest absolute Gasteiger partial charge is 0.412 e. The third-order valence-corrected chi connectivity index (χ3v) is 2.99. The summed E-state index contributed by atoms with van der Waals surface area (Å²) < 4.78 is 9.73. The number of esters is 1. The molecular formula is C16H22N2O6. The quantitative estimate of drug-likeness (QED) is 0.483. The van der Waals surface area contributed by atoms with Crippen molar-refractivity contribution < 1.29 is 24.0 Å². The van der Waals surface area contributed by atoms with E-state index in [1.54, 1.807) is 26.8 Å². The minimum atomic E-state index is -0.697. The molecule has 132 valence electrons. The van der Waals surface area contributed by atoms with Gasteiger partial charge < -0.3 is 9.47 Å². The first-order chi connectivity index (χ1) is 11.1. The van der Waals surface area contributed by atoms with Gasteiger partial charge in [-0.2, -0.15) is 0 Å². The lowest BCUT2D eigenvalue weighted by molar-refractivity contribution is -0.384. The van der Waals surface area contributed by atoms with Crippen LogP contribution in [0.5, 0.6) is 0 Å². The average molecular weight is 338 g/mol. The fourth-order valence-electron chi connectivity index (χ4n) is 1.95. The number of hydrogen-bond acceptors (Lipinski definition) is 6. The minimum Gasteiger partial charge on any atom is -0.469 e. The summed E-state index contributed by atoms with van der Waals surface area (Å²) in [5.41, 5.74) is 0.145. The number of nitrogens with zero attached hydrogens (tertiary/aromatic N) is 1. The maximum atomic E-state index is 11.9. The van der Waals surface area contributed by atoms with E-state index in [0.717, 1.165) is 0 Å². The van der Waals surface area contributed by atoms with Crippen LogP contribution in [0.4, 0.5) is 16.2 Å². The zero-order chi connectivity index (χ0) is 18.3. The molecule has 1 aromatic carbocycles. The Morgan fingerprint density at radius 2 is 1.96 bits per heavy atom. The molecular weight excluding hydrogens is 316 g/mol.